The van der Waals surface area contributed by atoms with Gasteiger partial charge in [0.1, 0.15) is 6.17 Å². The average Bonchev–Trinajstić information content (AvgIpc) is 2.98. The van der Waals surface area contributed by atoms with Crippen LogP contribution in [0, 0.1) is 0 Å². The molecule has 86 valence electrons. The summed E-state index contributed by atoms with van der Waals surface area (Å²) in [4.78, 5) is 11.1. The molecule has 1 N–H and O–H groups in total. The van der Waals surface area contributed by atoms with E-state index in [9.17, 15) is 9.18 Å². The minimum absolute atomic E-state index is 0.349. The second-order valence-electron chi connectivity index (χ2n) is 4.24. The molecule has 16 heavy (non-hydrogen) atoms. The fourth-order valence-corrected chi connectivity index (χ4v) is 2.26. The van der Waals surface area contributed by atoms with E-state index in [-0.39, 0.29) is 0 Å². The lowest BCUT2D eigenvalue weighted by Crippen LogP contribution is -2.20. The van der Waals surface area contributed by atoms with Crippen LogP contribution in [0.2, 0.25) is 5.02 Å². The van der Waals surface area contributed by atoms with Gasteiger partial charge in [-0.05, 0) is 37.0 Å². The van der Waals surface area contributed by atoms with Gasteiger partial charge < -0.3 is 5.11 Å². The summed E-state index contributed by atoms with van der Waals surface area (Å²) in [5.41, 5.74) is 0.260. The Balaban J connectivity index is 2.41. The Hall–Kier alpha value is -1.09. The van der Waals surface area contributed by atoms with E-state index in [1.165, 1.54) is 13.0 Å². The molecule has 1 aliphatic carbocycles. The van der Waals surface area contributed by atoms with Gasteiger partial charge in [-0.3, -0.25) is 4.79 Å². The number of benzene rings is 1. The first-order chi connectivity index (χ1) is 7.47. The highest BCUT2D eigenvalue weighted by atomic mass is 35.5. The van der Waals surface area contributed by atoms with Gasteiger partial charge >= 0.3 is 5.97 Å². The van der Waals surface area contributed by atoms with Crippen molar-refractivity contribution < 1.29 is 14.3 Å². The summed E-state index contributed by atoms with van der Waals surface area (Å²) in [7, 11) is 0. The van der Waals surface area contributed by atoms with E-state index in [0.717, 1.165) is 0 Å². The second kappa shape index (κ2) is 3.74. The third-order valence-electron chi connectivity index (χ3n) is 3.13. The van der Waals surface area contributed by atoms with Crippen LogP contribution in [0.5, 0.6) is 0 Å². The van der Waals surface area contributed by atoms with E-state index in [2.05, 4.69) is 0 Å². The second-order valence-corrected chi connectivity index (χ2v) is 4.65. The summed E-state index contributed by atoms with van der Waals surface area (Å²) in [6, 6.07) is 4.76. The van der Waals surface area contributed by atoms with Crippen molar-refractivity contribution >= 4 is 17.6 Å². The summed E-state index contributed by atoms with van der Waals surface area (Å²) in [5, 5.41) is 9.48. The lowest BCUT2D eigenvalue weighted by molar-refractivity contribution is -0.140. The molecule has 0 spiro atoms. The fraction of sp³-hybridized carbons (Fsp3) is 0.417. The van der Waals surface area contributed by atoms with E-state index in [1.807, 2.05) is 0 Å². The Morgan fingerprint density at radius 1 is 1.56 bits per heavy atom. The van der Waals surface area contributed by atoms with Crippen LogP contribution in [0.1, 0.15) is 37.1 Å². The predicted octanol–water partition coefficient (Wildman–Crippen LogP) is 3.49. The van der Waals surface area contributed by atoms with Crippen LogP contribution in [0.25, 0.3) is 0 Å². The zero-order chi connectivity index (χ0) is 11.9. The number of rotatable bonds is 3. The molecule has 1 atom stereocenters. The van der Waals surface area contributed by atoms with E-state index in [0.29, 0.717) is 29.0 Å². The van der Waals surface area contributed by atoms with Crippen LogP contribution in [-0.2, 0) is 10.2 Å². The number of hydrogen-bond acceptors (Lipinski definition) is 1. The average molecular weight is 243 g/mol. The minimum Gasteiger partial charge on any atom is -0.481 e. The highest BCUT2D eigenvalue weighted by Gasteiger charge is 2.52. The zero-order valence-corrected chi connectivity index (χ0v) is 9.59. The molecule has 0 aliphatic heterocycles. The molecule has 0 saturated heterocycles. The van der Waals surface area contributed by atoms with Crippen molar-refractivity contribution in [2.45, 2.75) is 31.4 Å². The monoisotopic (exact) mass is 242 g/mol. The quantitative estimate of drug-likeness (QED) is 0.881. The van der Waals surface area contributed by atoms with E-state index >= 15 is 0 Å². The lowest BCUT2D eigenvalue weighted by Gasteiger charge is -2.13. The van der Waals surface area contributed by atoms with Crippen molar-refractivity contribution in [3.8, 4) is 0 Å². The Kier molecular flexibility index (Phi) is 2.66. The molecule has 0 amide bonds. The Morgan fingerprint density at radius 2 is 2.19 bits per heavy atom. The van der Waals surface area contributed by atoms with Gasteiger partial charge in [-0.1, -0.05) is 23.7 Å². The van der Waals surface area contributed by atoms with Crippen LogP contribution >= 0.6 is 11.6 Å². The molecule has 1 aromatic carbocycles. The van der Waals surface area contributed by atoms with Gasteiger partial charge in [-0.2, -0.15) is 0 Å². The van der Waals surface area contributed by atoms with Crippen molar-refractivity contribution in [1.29, 1.82) is 0 Å². The smallest absolute Gasteiger partial charge is 0.314 e. The summed E-state index contributed by atoms with van der Waals surface area (Å²) in [6.45, 7) is 1.43. The summed E-state index contributed by atoms with van der Waals surface area (Å²) in [5.74, 6) is -0.851. The molecule has 0 heterocycles. The molecule has 1 aliphatic rings. The van der Waals surface area contributed by atoms with E-state index in [4.69, 9.17) is 16.7 Å². The first-order valence-electron chi connectivity index (χ1n) is 5.15. The molecule has 0 aromatic heterocycles. The Morgan fingerprint density at radius 3 is 2.56 bits per heavy atom. The topological polar surface area (TPSA) is 37.3 Å². The van der Waals surface area contributed by atoms with Crippen LogP contribution in [0.4, 0.5) is 4.39 Å². The van der Waals surface area contributed by atoms with Gasteiger partial charge in [0.2, 0.25) is 0 Å². The van der Waals surface area contributed by atoms with Crippen LogP contribution in [-0.4, -0.2) is 11.1 Å². The minimum atomic E-state index is -1.09. The van der Waals surface area contributed by atoms with Gasteiger partial charge in [0.05, 0.1) is 5.41 Å². The van der Waals surface area contributed by atoms with Crippen molar-refractivity contribution in [1.82, 2.24) is 0 Å². The van der Waals surface area contributed by atoms with Crippen molar-refractivity contribution in [2.24, 2.45) is 0 Å². The first-order valence-corrected chi connectivity index (χ1v) is 5.52. The number of halogens is 2. The summed E-state index contributed by atoms with van der Waals surface area (Å²) >= 11 is 6.01. The summed E-state index contributed by atoms with van der Waals surface area (Å²) in [6.07, 6.45) is 0.116. The summed E-state index contributed by atoms with van der Waals surface area (Å²) < 4.78 is 13.0. The number of carboxylic acids is 1. The van der Waals surface area contributed by atoms with Gasteiger partial charge in [-0.25, -0.2) is 4.39 Å². The Labute approximate surface area is 98.0 Å². The fourth-order valence-electron chi connectivity index (χ4n) is 1.89. The third-order valence-corrected chi connectivity index (χ3v) is 3.44. The van der Waals surface area contributed by atoms with Crippen molar-refractivity contribution in [3.05, 3.63) is 34.3 Å². The maximum atomic E-state index is 13.0. The molecule has 4 heteroatoms. The third kappa shape index (κ3) is 1.69. The van der Waals surface area contributed by atoms with Crippen LogP contribution in [0.3, 0.4) is 0 Å². The predicted molar refractivity (Wildman–Crippen MR) is 59.5 cm³/mol. The number of hydrogen-bond donors (Lipinski definition) is 1. The largest absolute Gasteiger partial charge is 0.481 e. The number of aliphatic carboxylic acids is 1. The Bertz CT molecular complexity index is 439. The van der Waals surface area contributed by atoms with Crippen LogP contribution < -0.4 is 0 Å². The molecule has 1 unspecified atom stereocenters. The first kappa shape index (κ1) is 11.4. The zero-order valence-electron chi connectivity index (χ0n) is 8.84. The number of carbonyl (C=O) groups is 1. The molecule has 0 radical (unpaired) electrons. The molecular formula is C12H12ClFO2. The van der Waals surface area contributed by atoms with E-state index in [1.54, 1.807) is 12.1 Å². The standard InChI is InChI=1S/C12H12ClFO2/c1-7(14)8-2-3-9(10(13)6-8)12(4-5-12)11(15)16/h2-3,6-7H,4-5H2,1H3,(H,15,16). The lowest BCUT2D eigenvalue weighted by atomic mass is 9.94. The highest BCUT2D eigenvalue weighted by Crippen LogP contribution is 2.50. The number of alkyl halides is 1. The maximum absolute atomic E-state index is 13.0. The molecular weight excluding hydrogens is 231 g/mol. The van der Waals surface area contributed by atoms with Crippen LogP contribution in [0.15, 0.2) is 18.2 Å². The van der Waals surface area contributed by atoms with Gasteiger partial charge in [0, 0.05) is 5.02 Å². The molecule has 1 saturated carbocycles. The van der Waals surface area contributed by atoms with Gasteiger partial charge in [0.25, 0.3) is 0 Å². The highest BCUT2D eigenvalue weighted by molar-refractivity contribution is 6.32. The maximum Gasteiger partial charge on any atom is 0.314 e. The molecule has 1 aromatic rings. The van der Waals surface area contributed by atoms with Crippen molar-refractivity contribution in [2.75, 3.05) is 0 Å². The van der Waals surface area contributed by atoms with E-state index < -0.39 is 17.6 Å². The molecule has 0 bridgehead atoms. The number of carboxylic acid groups (broad SMARTS) is 1. The van der Waals surface area contributed by atoms with Crippen molar-refractivity contribution in [3.63, 3.8) is 0 Å². The molecule has 2 rings (SSSR count). The van der Waals surface area contributed by atoms with Gasteiger partial charge in [-0.15, -0.1) is 0 Å². The molecule has 2 nitrogen and oxygen atoms in total. The normalized spacial score (nSPS) is 19.2. The molecule has 1 fully saturated rings. The van der Waals surface area contributed by atoms with Gasteiger partial charge in [0.15, 0.2) is 0 Å². The SMILES string of the molecule is CC(F)c1ccc(C2(C(=O)O)CC2)c(Cl)c1.